The average molecular weight is 332 g/mol. The summed E-state index contributed by atoms with van der Waals surface area (Å²) in [5.74, 6) is 1.31. The van der Waals surface area contributed by atoms with Crippen molar-refractivity contribution in [3.8, 4) is 16.3 Å². The van der Waals surface area contributed by atoms with Crippen LogP contribution in [0.2, 0.25) is 0 Å². The van der Waals surface area contributed by atoms with E-state index in [0.717, 1.165) is 54.5 Å². The summed E-state index contributed by atoms with van der Waals surface area (Å²) in [4.78, 5) is 7.21. The lowest BCUT2D eigenvalue weighted by molar-refractivity contribution is 0.0692. The van der Waals surface area contributed by atoms with Gasteiger partial charge in [0.2, 0.25) is 0 Å². The van der Waals surface area contributed by atoms with Crippen LogP contribution in [-0.2, 0) is 6.54 Å². The van der Waals surface area contributed by atoms with E-state index < -0.39 is 0 Å². The maximum absolute atomic E-state index is 9.69. The molecular formula is C18H24N2O2S. The zero-order valence-corrected chi connectivity index (χ0v) is 14.6. The number of likely N-dealkylation sites (tertiary alicyclic amines) is 1. The largest absolute Gasteiger partial charge is 0.497 e. The molecule has 0 amide bonds. The lowest BCUT2D eigenvalue weighted by atomic mass is 9.92. The van der Waals surface area contributed by atoms with Crippen LogP contribution < -0.4 is 4.74 Å². The molecule has 1 fully saturated rings. The number of benzene rings is 1. The predicted molar refractivity (Wildman–Crippen MR) is 93.8 cm³/mol. The Balaban J connectivity index is 1.61. The summed E-state index contributed by atoms with van der Waals surface area (Å²) in [5, 5.41) is 12.9. The summed E-state index contributed by atoms with van der Waals surface area (Å²) < 4.78 is 5.28. The van der Waals surface area contributed by atoms with Gasteiger partial charge in [0.15, 0.2) is 0 Å². The molecule has 5 heteroatoms. The van der Waals surface area contributed by atoms with E-state index in [2.05, 4.69) is 16.3 Å². The highest BCUT2D eigenvalue weighted by molar-refractivity contribution is 7.13. The van der Waals surface area contributed by atoms with Gasteiger partial charge in [-0.15, -0.1) is 11.3 Å². The third-order valence-corrected chi connectivity index (χ3v) is 5.51. The van der Waals surface area contributed by atoms with E-state index >= 15 is 0 Å². The van der Waals surface area contributed by atoms with E-state index in [9.17, 15) is 5.11 Å². The predicted octanol–water partition coefficient (Wildman–Crippen LogP) is 3.41. The molecule has 0 saturated carbocycles. The molecule has 0 spiro atoms. The number of hydrogen-bond acceptors (Lipinski definition) is 5. The van der Waals surface area contributed by atoms with Crippen LogP contribution >= 0.6 is 11.3 Å². The standard InChI is InChI=1S/C18H24N2O2S/c1-13(21)14-6-8-20(9-7-14)11-16-12-23-18(19-16)15-4-3-5-17(10-15)22-2/h3-5,10,12-14,21H,6-9,11H2,1-2H3. The number of nitrogens with zero attached hydrogens (tertiary/aromatic N) is 2. The Kier molecular flexibility index (Phi) is 5.30. The molecule has 1 aromatic heterocycles. The first-order valence-corrected chi connectivity index (χ1v) is 9.03. The van der Waals surface area contributed by atoms with Gasteiger partial charge in [-0.25, -0.2) is 4.98 Å². The highest BCUT2D eigenvalue weighted by atomic mass is 32.1. The Morgan fingerprint density at radius 3 is 2.87 bits per heavy atom. The van der Waals surface area contributed by atoms with Crippen LogP contribution in [0.25, 0.3) is 10.6 Å². The van der Waals surface area contributed by atoms with Crippen LogP contribution in [0.5, 0.6) is 5.75 Å². The molecule has 2 heterocycles. The van der Waals surface area contributed by atoms with Crippen LogP contribution in [0.4, 0.5) is 0 Å². The quantitative estimate of drug-likeness (QED) is 0.911. The molecule has 1 aromatic carbocycles. The van der Waals surface area contributed by atoms with Crippen molar-refractivity contribution >= 4 is 11.3 Å². The minimum absolute atomic E-state index is 0.184. The normalized spacial score (nSPS) is 18.0. The minimum Gasteiger partial charge on any atom is -0.497 e. The second kappa shape index (κ2) is 7.43. The number of aromatic nitrogens is 1. The maximum atomic E-state index is 9.69. The van der Waals surface area contributed by atoms with Gasteiger partial charge >= 0.3 is 0 Å². The van der Waals surface area contributed by atoms with Gasteiger partial charge in [0.05, 0.1) is 18.9 Å². The number of piperidine rings is 1. The van der Waals surface area contributed by atoms with E-state index in [1.54, 1.807) is 18.4 Å². The Morgan fingerprint density at radius 2 is 2.17 bits per heavy atom. The average Bonchev–Trinajstić information content (AvgIpc) is 3.04. The van der Waals surface area contributed by atoms with E-state index in [4.69, 9.17) is 9.72 Å². The van der Waals surface area contributed by atoms with Gasteiger partial charge in [-0.1, -0.05) is 12.1 Å². The fraction of sp³-hybridized carbons (Fsp3) is 0.500. The van der Waals surface area contributed by atoms with Gasteiger partial charge in [0.25, 0.3) is 0 Å². The summed E-state index contributed by atoms with van der Waals surface area (Å²) >= 11 is 1.68. The highest BCUT2D eigenvalue weighted by Crippen LogP contribution is 2.28. The number of ether oxygens (including phenoxy) is 1. The zero-order valence-electron chi connectivity index (χ0n) is 13.7. The molecule has 124 valence electrons. The second-order valence-corrected chi connectivity index (χ2v) is 7.09. The number of thiazole rings is 1. The Labute approximate surface area is 141 Å². The molecule has 1 aliphatic rings. The molecule has 1 N–H and O–H groups in total. The van der Waals surface area contributed by atoms with Crippen LogP contribution in [0.15, 0.2) is 29.6 Å². The molecule has 1 saturated heterocycles. The molecule has 0 aliphatic carbocycles. The number of hydrogen-bond donors (Lipinski definition) is 1. The first kappa shape index (κ1) is 16.4. The first-order chi connectivity index (χ1) is 11.2. The SMILES string of the molecule is COc1cccc(-c2nc(CN3CCC(C(C)O)CC3)cs2)c1. The van der Waals surface area contributed by atoms with Crippen molar-refractivity contribution in [2.45, 2.75) is 32.4 Å². The molecule has 3 rings (SSSR count). The maximum Gasteiger partial charge on any atom is 0.123 e. The van der Waals surface area contributed by atoms with Gasteiger partial charge in [-0.05, 0) is 50.9 Å². The van der Waals surface area contributed by atoms with Crippen LogP contribution in [0, 0.1) is 5.92 Å². The zero-order chi connectivity index (χ0) is 16.2. The van der Waals surface area contributed by atoms with Gasteiger partial charge in [0, 0.05) is 17.5 Å². The second-order valence-electron chi connectivity index (χ2n) is 6.23. The molecule has 0 bridgehead atoms. The fourth-order valence-corrected chi connectivity index (χ4v) is 3.90. The number of rotatable bonds is 5. The third kappa shape index (κ3) is 4.10. The van der Waals surface area contributed by atoms with Crippen molar-refractivity contribution in [2.75, 3.05) is 20.2 Å². The van der Waals surface area contributed by atoms with Gasteiger partial charge in [-0.2, -0.15) is 0 Å². The Morgan fingerprint density at radius 1 is 1.39 bits per heavy atom. The Bertz CT molecular complexity index is 633. The van der Waals surface area contributed by atoms with Crippen LogP contribution in [-0.4, -0.2) is 41.3 Å². The van der Waals surface area contributed by atoms with E-state index in [-0.39, 0.29) is 6.10 Å². The molecule has 0 radical (unpaired) electrons. The Hall–Kier alpha value is -1.43. The topological polar surface area (TPSA) is 45.6 Å². The van der Waals surface area contributed by atoms with Gasteiger partial charge < -0.3 is 9.84 Å². The number of methoxy groups -OCH3 is 1. The van der Waals surface area contributed by atoms with E-state index in [1.165, 1.54) is 0 Å². The summed E-state index contributed by atoms with van der Waals surface area (Å²) in [7, 11) is 1.68. The third-order valence-electron chi connectivity index (χ3n) is 4.57. The van der Waals surface area contributed by atoms with Crippen molar-refractivity contribution in [1.82, 2.24) is 9.88 Å². The van der Waals surface area contributed by atoms with Crippen molar-refractivity contribution in [2.24, 2.45) is 5.92 Å². The number of aliphatic hydroxyl groups excluding tert-OH is 1. The molecule has 1 aliphatic heterocycles. The lowest BCUT2D eigenvalue weighted by Gasteiger charge is -2.32. The summed E-state index contributed by atoms with van der Waals surface area (Å²) in [6.07, 6.45) is 1.96. The monoisotopic (exact) mass is 332 g/mol. The summed E-state index contributed by atoms with van der Waals surface area (Å²) in [5.41, 5.74) is 2.23. The number of aliphatic hydroxyl groups is 1. The first-order valence-electron chi connectivity index (χ1n) is 8.15. The smallest absolute Gasteiger partial charge is 0.123 e. The highest BCUT2D eigenvalue weighted by Gasteiger charge is 2.23. The molecule has 4 nitrogen and oxygen atoms in total. The fourth-order valence-electron chi connectivity index (χ4n) is 3.09. The van der Waals surface area contributed by atoms with Crippen molar-refractivity contribution in [1.29, 1.82) is 0 Å². The molecule has 1 atom stereocenters. The summed E-state index contributed by atoms with van der Waals surface area (Å²) in [6.45, 7) is 4.89. The summed E-state index contributed by atoms with van der Waals surface area (Å²) in [6, 6.07) is 8.04. The van der Waals surface area contributed by atoms with E-state index in [1.807, 2.05) is 25.1 Å². The van der Waals surface area contributed by atoms with Crippen molar-refractivity contribution in [3.05, 3.63) is 35.3 Å². The minimum atomic E-state index is -0.184. The van der Waals surface area contributed by atoms with Crippen LogP contribution in [0.1, 0.15) is 25.5 Å². The molecule has 23 heavy (non-hydrogen) atoms. The molecular weight excluding hydrogens is 308 g/mol. The van der Waals surface area contributed by atoms with Gasteiger partial charge in [0.1, 0.15) is 10.8 Å². The van der Waals surface area contributed by atoms with Crippen LogP contribution in [0.3, 0.4) is 0 Å². The molecule has 2 aromatic rings. The van der Waals surface area contributed by atoms with Gasteiger partial charge in [-0.3, -0.25) is 4.90 Å². The van der Waals surface area contributed by atoms with Crippen molar-refractivity contribution < 1.29 is 9.84 Å². The lowest BCUT2D eigenvalue weighted by Crippen LogP contribution is -2.36. The molecule has 1 unspecified atom stereocenters. The van der Waals surface area contributed by atoms with Crippen molar-refractivity contribution in [3.63, 3.8) is 0 Å². The van der Waals surface area contributed by atoms with E-state index in [0.29, 0.717) is 5.92 Å².